The summed E-state index contributed by atoms with van der Waals surface area (Å²) in [6.07, 6.45) is 1.63. The summed E-state index contributed by atoms with van der Waals surface area (Å²) >= 11 is 0. The van der Waals surface area contributed by atoms with Gasteiger partial charge in [0.25, 0.3) is 0 Å². The van der Waals surface area contributed by atoms with Gasteiger partial charge >= 0.3 is 0 Å². The molecular formula is C9H14N2O. The Kier molecular flexibility index (Phi) is 3.27. The highest BCUT2D eigenvalue weighted by Gasteiger charge is 2.21. The second-order valence-electron chi connectivity index (χ2n) is 2.96. The molecule has 0 aromatic rings. The van der Waals surface area contributed by atoms with Gasteiger partial charge in [-0.2, -0.15) is 5.26 Å². The van der Waals surface area contributed by atoms with E-state index in [1.165, 1.54) is 0 Å². The molecule has 2 unspecified atom stereocenters. The molecule has 12 heavy (non-hydrogen) atoms. The van der Waals surface area contributed by atoms with Crippen molar-refractivity contribution in [1.82, 2.24) is 4.90 Å². The molecule has 0 bridgehead atoms. The van der Waals surface area contributed by atoms with E-state index in [9.17, 15) is 0 Å². The molecule has 1 aliphatic rings. The van der Waals surface area contributed by atoms with Gasteiger partial charge in [-0.25, -0.2) is 0 Å². The van der Waals surface area contributed by atoms with Crippen molar-refractivity contribution in [3.05, 3.63) is 12.7 Å². The first-order valence-corrected chi connectivity index (χ1v) is 4.15. The molecule has 1 rings (SSSR count). The summed E-state index contributed by atoms with van der Waals surface area (Å²) in [6, 6.07) is 2.45. The maximum atomic E-state index is 8.64. The van der Waals surface area contributed by atoms with Gasteiger partial charge in [-0.05, 0) is 6.92 Å². The van der Waals surface area contributed by atoms with Gasteiger partial charge in [0, 0.05) is 19.1 Å². The number of rotatable bonds is 2. The number of nitrogens with zero attached hydrogens (tertiary/aromatic N) is 2. The Morgan fingerprint density at radius 1 is 1.83 bits per heavy atom. The van der Waals surface area contributed by atoms with Gasteiger partial charge in [-0.15, -0.1) is 6.58 Å². The standard InChI is InChI=1S/C9H14N2O/c1-3-8(2)11-4-5-12-9(6-10)7-11/h3,8-9H,1,4-5,7H2,2H3. The zero-order chi connectivity index (χ0) is 8.97. The van der Waals surface area contributed by atoms with E-state index in [0.29, 0.717) is 19.2 Å². The minimum absolute atomic E-state index is 0.263. The fraction of sp³-hybridized carbons (Fsp3) is 0.667. The number of hydrogen-bond acceptors (Lipinski definition) is 3. The van der Waals surface area contributed by atoms with Gasteiger partial charge in [0.2, 0.25) is 0 Å². The molecule has 3 nitrogen and oxygen atoms in total. The van der Waals surface area contributed by atoms with Crippen LogP contribution in [0.5, 0.6) is 0 Å². The molecule has 0 saturated carbocycles. The van der Waals surface area contributed by atoms with Crippen molar-refractivity contribution in [1.29, 1.82) is 5.26 Å². The first kappa shape index (κ1) is 9.24. The van der Waals surface area contributed by atoms with Crippen LogP contribution < -0.4 is 0 Å². The van der Waals surface area contributed by atoms with Gasteiger partial charge in [0.15, 0.2) is 6.10 Å². The summed E-state index contributed by atoms with van der Waals surface area (Å²) in [5, 5.41) is 8.64. The summed E-state index contributed by atoms with van der Waals surface area (Å²) in [7, 11) is 0. The minimum atomic E-state index is -0.263. The summed E-state index contributed by atoms with van der Waals surface area (Å²) in [4.78, 5) is 2.20. The molecule has 0 radical (unpaired) electrons. The molecule has 0 aromatic heterocycles. The van der Waals surface area contributed by atoms with Gasteiger partial charge in [-0.1, -0.05) is 6.08 Å². The van der Waals surface area contributed by atoms with Crippen molar-refractivity contribution in [3.63, 3.8) is 0 Å². The molecule has 2 atom stereocenters. The Labute approximate surface area is 73.2 Å². The Hall–Kier alpha value is -0.850. The van der Waals surface area contributed by atoms with Crippen molar-refractivity contribution >= 4 is 0 Å². The van der Waals surface area contributed by atoms with Crippen LogP contribution in [-0.4, -0.2) is 36.7 Å². The molecule has 0 aliphatic carbocycles. The van der Waals surface area contributed by atoms with Crippen LogP contribution in [0, 0.1) is 11.3 Å². The summed E-state index contributed by atoms with van der Waals surface area (Å²) < 4.78 is 5.21. The Bertz CT molecular complexity index is 197. The topological polar surface area (TPSA) is 36.3 Å². The molecule has 1 heterocycles. The van der Waals surface area contributed by atoms with Crippen LogP contribution in [0.4, 0.5) is 0 Å². The molecule has 66 valence electrons. The van der Waals surface area contributed by atoms with Gasteiger partial charge < -0.3 is 4.74 Å². The van der Waals surface area contributed by atoms with Gasteiger partial charge in [0.05, 0.1) is 12.7 Å². The predicted molar refractivity (Wildman–Crippen MR) is 46.6 cm³/mol. The zero-order valence-corrected chi connectivity index (χ0v) is 7.36. The number of ether oxygens (including phenoxy) is 1. The average Bonchev–Trinajstić information content (AvgIpc) is 2.17. The van der Waals surface area contributed by atoms with Crippen LogP contribution in [-0.2, 0) is 4.74 Å². The first-order valence-electron chi connectivity index (χ1n) is 4.15. The van der Waals surface area contributed by atoms with Crippen LogP contribution in [0.2, 0.25) is 0 Å². The lowest BCUT2D eigenvalue weighted by atomic mass is 10.2. The Balaban J connectivity index is 2.46. The minimum Gasteiger partial charge on any atom is -0.361 e. The molecule has 0 amide bonds. The van der Waals surface area contributed by atoms with Crippen molar-refractivity contribution in [2.75, 3.05) is 19.7 Å². The first-order chi connectivity index (χ1) is 5.77. The van der Waals surface area contributed by atoms with E-state index in [0.717, 1.165) is 6.54 Å². The monoisotopic (exact) mass is 166 g/mol. The fourth-order valence-electron chi connectivity index (χ4n) is 1.27. The van der Waals surface area contributed by atoms with Crippen molar-refractivity contribution < 1.29 is 4.74 Å². The third-order valence-corrected chi connectivity index (χ3v) is 2.16. The number of hydrogen-bond donors (Lipinski definition) is 0. The highest BCUT2D eigenvalue weighted by molar-refractivity contribution is 4.93. The van der Waals surface area contributed by atoms with Crippen molar-refractivity contribution in [2.24, 2.45) is 0 Å². The van der Waals surface area contributed by atoms with E-state index in [4.69, 9.17) is 10.00 Å². The van der Waals surface area contributed by atoms with Crippen LogP contribution in [0.3, 0.4) is 0 Å². The third kappa shape index (κ3) is 2.07. The van der Waals surface area contributed by atoms with E-state index < -0.39 is 0 Å². The second kappa shape index (κ2) is 4.24. The lowest BCUT2D eigenvalue weighted by Crippen LogP contribution is -2.45. The van der Waals surface area contributed by atoms with E-state index in [2.05, 4.69) is 24.5 Å². The maximum Gasteiger partial charge on any atom is 0.156 e. The lowest BCUT2D eigenvalue weighted by Gasteiger charge is -2.32. The summed E-state index contributed by atoms with van der Waals surface area (Å²) in [5.74, 6) is 0. The van der Waals surface area contributed by atoms with E-state index in [1.54, 1.807) is 0 Å². The predicted octanol–water partition coefficient (Wildman–Crippen LogP) is 0.785. The SMILES string of the molecule is C=CC(C)N1CCOC(C#N)C1. The largest absolute Gasteiger partial charge is 0.361 e. The number of nitriles is 1. The molecule has 1 aliphatic heterocycles. The smallest absolute Gasteiger partial charge is 0.156 e. The van der Waals surface area contributed by atoms with E-state index >= 15 is 0 Å². The van der Waals surface area contributed by atoms with Crippen LogP contribution >= 0.6 is 0 Å². The molecule has 1 fully saturated rings. The van der Waals surface area contributed by atoms with Crippen LogP contribution in [0.1, 0.15) is 6.92 Å². The molecule has 1 saturated heterocycles. The average molecular weight is 166 g/mol. The lowest BCUT2D eigenvalue weighted by molar-refractivity contribution is -0.00713. The normalized spacial score (nSPS) is 27.5. The van der Waals surface area contributed by atoms with E-state index in [-0.39, 0.29) is 6.10 Å². The molecule has 0 aromatic carbocycles. The van der Waals surface area contributed by atoms with Gasteiger partial charge in [0.1, 0.15) is 0 Å². The zero-order valence-electron chi connectivity index (χ0n) is 7.36. The maximum absolute atomic E-state index is 8.64. The highest BCUT2D eigenvalue weighted by atomic mass is 16.5. The highest BCUT2D eigenvalue weighted by Crippen LogP contribution is 2.08. The Morgan fingerprint density at radius 2 is 2.58 bits per heavy atom. The third-order valence-electron chi connectivity index (χ3n) is 2.16. The molecule has 0 spiro atoms. The Morgan fingerprint density at radius 3 is 3.17 bits per heavy atom. The fourth-order valence-corrected chi connectivity index (χ4v) is 1.27. The van der Waals surface area contributed by atoms with Gasteiger partial charge in [-0.3, -0.25) is 4.90 Å². The van der Waals surface area contributed by atoms with E-state index in [1.807, 2.05) is 6.08 Å². The molecule has 0 N–H and O–H groups in total. The quantitative estimate of drug-likeness (QED) is 0.569. The van der Waals surface area contributed by atoms with Crippen molar-refractivity contribution in [3.8, 4) is 6.07 Å². The second-order valence-corrected chi connectivity index (χ2v) is 2.96. The van der Waals surface area contributed by atoms with Crippen molar-refractivity contribution in [2.45, 2.75) is 19.1 Å². The molecular weight excluding hydrogens is 152 g/mol. The van der Waals surface area contributed by atoms with Crippen LogP contribution in [0.15, 0.2) is 12.7 Å². The van der Waals surface area contributed by atoms with Crippen LogP contribution in [0.25, 0.3) is 0 Å². The summed E-state index contributed by atoms with van der Waals surface area (Å²) in [5.41, 5.74) is 0. The molecule has 3 heteroatoms. The summed E-state index contributed by atoms with van der Waals surface area (Å²) in [6.45, 7) is 8.04. The number of morpholine rings is 1.